The van der Waals surface area contributed by atoms with E-state index in [-0.39, 0.29) is 0 Å². The monoisotopic (exact) mass is 386 g/mol. The summed E-state index contributed by atoms with van der Waals surface area (Å²) >= 11 is 0. The van der Waals surface area contributed by atoms with Crippen molar-refractivity contribution in [1.82, 2.24) is 20.1 Å². The van der Waals surface area contributed by atoms with E-state index in [1.165, 1.54) is 12.8 Å². The number of hydrogen-bond donors (Lipinski definition) is 2. The highest BCUT2D eigenvalue weighted by atomic mass is 16.5. The molecule has 28 heavy (non-hydrogen) atoms. The molecule has 0 spiro atoms. The van der Waals surface area contributed by atoms with Gasteiger partial charge in [0, 0.05) is 51.4 Å². The molecule has 2 N–H and O–H groups in total. The molecular formula is C20H30N6O2. The number of rotatable bonds is 9. The Kier molecular flexibility index (Phi) is 7.66. The second-order valence-electron chi connectivity index (χ2n) is 6.68. The van der Waals surface area contributed by atoms with Gasteiger partial charge in [0.25, 0.3) is 0 Å². The molecule has 152 valence electrons. The summed E-state index contributed by atoms with van der Waals surface area (Å²) in [5.74, 6) is 3.53. The molecule has 0 aliphatic carbocycles. The first-order valence-corrected chi connectivity index (χ1v) is 9.98. The van der Waals surface area contributed by atoms with Gasteiger partial charge >= 0.3 is 0 Å². The van der Waals surface area contributed by atoms with Crippen LogP contribution in [0.2, 0.25) is 0 Å². The number of nitrogens with one attached hydrogen (secondary N) is 2. The average Bonchev–Trinajstić information content (AvgIpc) is 3.13. The number of anilines is 1. The lowest BCUT2D eigenvalue weighted by Crippen LogP contribution is -2.30. The Morgan fingerprint density at radius 3 is 3.04 bits per heavy atom. The minimum Gasteiger partial charge on any atom is -0.493 e. The summed E-state index contributed by atoms with van der Waals surface area (Å²) in [6.45, 7) is 5.63. The Morgan fingerprint density at radius 2 is 2.18 bits per heavy atom. The van der Waals surface area contributed by atoms with Crippen LogP contribution in [-0.2, 0) is 24.2 Å². The number of methoxy groups -OCH3 is 1. The lowest BCUT2D eigenvalue weighted by atomic mass is 10.2. The fraction of sp³-hybridized carbons (Fsp3) is 0.550. The van der Waals surface area contributed by atoms with Crippen LogP contribution in [0.5, 0.6) is 5.75 Å². The van der Waals surface area contributed by atoms with Gasteiger partial charge in [0.1, 0.15) is 18.1 Å². The fourth-order valence-corrected chi connectivity index (χ4v) is 3.14. The zero-order chi connectivity index (χ0) is 19.6. The van der Waals surface area contributed by atoms with Gasteiger partial charge in [-0.25, -0.2) is 4.99 Å². The maximum absolute atomic E-state index is 5.77. The van der Waals surface area contributed by atoms with Gasteiger partial charge in [-0.3, -0.25) is 0 Å². The molecule has 0 saturated heterocycles. The predicted molar refractivity (Wildman–Crippen MR) is 110 cm³/mol. The van der Waals surface area contributed by atoms with Crippen molar-refractivity contribution in [3.8, 4) is 5.75 Å². The van der Waals surface area contributed by atoms with Crippen LogP contribution in [0.1, 0.15) is 37.8 Å². The Bertz CT molecular complexity index is 774. The summed E-state index contributed by atoms with van der Waals surface area (Å²) in [6.07, 6.45) is 4.24. The maximum atomic E-state index is 5.77. The molecule has 0 radical (unpaired) electrons. The van der Waals surface area contributed by atoms with Gasteiger partial charge in [-0.05, 0) is 31.9 Å². The molecule has 1 aromatic heterocycles. The fourth-order valence-electron chi connectivity index (χ4n) is 3.14. The maximum Gasteiger partial charge on any atom is 0.196 e. The van der Waals surface area contributed by atoms with Gasteiger partial charge < -0.3 is 24.7 Å². The van der Waals surface area contributed by atoms with E-state index in [2.05, 4.69) is 30.4 Å². The second-order valence-corrected chi connectivity index (χ2v) is 6.68. The summed E-state index contributed by atoms with van der Waals surface area (Å²) in [7, 11) is 1.70. The Labute approximate surface area is 166 Å². The molecule has 1 aliphatic heterocycles. The van der Waals surface area contributed by atoms with E-state index in [0.29, 0.717) is 25.7 Å². The van der Waals surface area contributed by atoms with E-state index in [4.69, 9.17) is 9.47 Å². The van der Waals surface area contributed by atoms with Crippen molar-refractivity contribution in [2.24, 2.45) is 4.99 Å². The molecule has 0 atom stereocenters. The summed E-state index contributed by atoms with van der Waals surface area (Å²) in [6, 6.07) is 7.88. The van der Waals surface area contributed by atoms with Crippen LogP contribution in [0, 0.1) is 0 Å². The van der Waals surface area contributed by atoms with Gasteiger partial charge in [0.2, 0.25) is 0 Å². The molecule has 2 aromatic rings. The van der Waals surface area contributed by atoms with E-state index in [1.807, 2.05) is 31.2 Å². The minimum absolute atomic E-state index is 0.496. The number of aryl methyl sites for hydroxylation is 1. The predicted octanol–water partition coefficient (Wildman–Crippen LogP) is 2.61. The number of fused-ring (bicyclic) bond motifs is 1. The number of aromatic nitrogens is 3. The third-order valence-electron chi connectivity index (χ3n) is 4.52. The molecule has 1 aliphatic rings. The van der Waals surface area contributed by atoms with Crippen molar-refractivity contribution in [3.05, 3.63) is 35.9 Å². The van der Waals surface area contributed by atoms with Gasteiger partial charge in [0.05, 0.1) is 6.61 Å². The van der Waals surface area contributed by atoms with Crippen molar-refractivity contribution in [2.75, 3.05) is 32.2 Å². The van der Waals surface area contributed by atoms with Crippen molar-refractivity contribution in [3.63, 3.8) is 0 Å². The zero-order valence-electron chi connectivity index (χ0n) is 16.8. The number of guanidine groups is 1. The highest BCUT2D eigenvalue weighted by molar-refractivity contribution is 5.93. The number of benzene rings is 1. The third-order valence-corrected chi connectivity index (χ3v) is 4.52. The highest BCUT2D eigenvalue weighted by Gasteiger charge is 2.15. The number of nitrogens with zero attached hydrogens (tertiary/aromatic N) is 4. The van der Waals surface area contributed by atoms with Crippen molar-refractivity contribution >= 4 is 11.6 Å². The van der Waals surface area contributed by atoms with Gasteiger partial charge in [-0.2, -0.15) is 0 Å². The summed E-state index contributed by atoms with van der Waals surface area (Å²) in [5, 5.41) is 15.2. The number of hydrogen-bond acceptors (Lipinski definition) is 5. The first kappa shape index (κ1) is 20.1. The summed E-state index contributed by atoms with van der Waals surface area (Å²) in [5.41, 5.74) is 0.923. The lowest BCUT2D eigenvalue weighted by molar-refractivity contribution is 0.172. The molecule has 0 saturated carbocycles. The van der Waals surface area contributed by atoms with Crippen LogP contribution in [0.15, 0.2) is 29.3 Å². The normalized spacial score (nSPS) is 13.9. The Hall–Kier alpha value is -2.61. The standard InChI is InChI=1S/C20H30N6O2/c1-3-21-20(22-15-19-25-24-18-10-4-5-11-26(18)19)23-16-8-6-9-17(14-16)28-13-7-12-27-2/h6,8-9,14H,3-5,7,10-13,15H2,1-2H3,(H2,21,22,23). The highest BCUT2D eigenvalue weighted by Crippen LogP contribution is 2.18. The number of aliphatic imine (C=N–C) groups is 1. The molecular weight excluding hydrogens is 356 g/mol. The molecule has 0 amide bonds. The molecule has 1 aromatic carbocycles. The minimum atomic E-state index is 0.496. The first-order valence-electron chi connectivity index (χ1n) is 9.98. The van der Waals surface area contributed by atoms with Crippen molar-refractivity contribution < 1.29 is 9.47 Å². The zero-order valence-corrected chi connectivity index (χ0v) is 16.8. The lowest BCUT2D eigenvalue weighted by Gasteiger charge is -2.15. The van der Waals surface area contributed by atoms with Crippen LogP contribution in [0.4, 0.5) is 5.69 Å². The van der Waals surface area contributed by atoms with Crippen LogP contribution in [0.3, 0.4) is 0 Å². The van der Waals surface area contributed by atoms with Gasteiger partial charge in [-0.15, -0.1) is 10.2 Å². The summed E-state index contributed by atoms with van der Waals surface area (Å²) in [4.78, 5) is 4.69. The van der Waals surface area contributed by atoms with Crippen LogP contribution < -0.4 is 15.4 Å². The Balaban J connectivity index is 1.62. The molecule has 0 bridgehead atoms. The quantitative estimate of drug-likeness (QED) is 0.391. The van der Waals surface area contributed by atoms with Gasteiger partial charge in [0.15, 0.2) is 11.8 Å². The van der Waals surface area contributed by atoms with Crippen LogP contribution in [-0.4, -0.2) is 47.6 Å². The van der Waals surface area contributed by atoms with E-state index < -0.39 is 0 Å². The van der Waals surface area contributed by atoms with E-state index in [1.54, 1.807) is 7.11 Å². The van der Waals surface area contributed by atoms with E-state index >= 15 is 0 Å². The second kappa shape index (κ2) is 10.7. The summed E-state index contributed by atoms with van der Waals surface area (Å²) < 4.78 is 13.0. The average molecular weight is 387 g/mol. The Morgan fingerprint density at radius 1 is 1.25 bits per heavy atom. The third kappa shape index (κ3) is 5.69. The van der Waals surface area contributed by atoms with Crippen LogP contribution in [0.25, 0.3) is 0 Å². The van der Waals surface area contributed by atoms with Gasteiger partial charge in [-0.1, -0.05) is 6.07 Å². The molecule has 0 unspecified atom stereocenters. The molecule has 8 nitrogen and oxygen atoms in total. The van der Waals surface area contributed by atoms with Crippen molar-refractivity contribution in [1.29, 1.82) is 0 Å². The molecule has 0 fully saturated rings. The van der Waals surface area contributed by atoms with E-state index in [0.717, 1.165) is 49.0 Å². The van der Waals surface area contributed by atoms with Crippen molar-refractivity contribution in [2.45, 2.75) is 45.7 Å². The molecule has 8 heteroatoms. The molecule has 3 rings (SSSR count). The van der Waals surface area contributed by atoms with E-state index in [9.17, 15) is 0 Å². The largest absolute Gasteiger partial charge is 0.493 e. The number of ether oxygens (including phenoxy) is 2. The SMILES string of the molecule is CCNC(=NCc1nnc2n1CCCC2)Nc1cccc(OCCCOC)c1. The first-order chi connectivity index (χ1) is 13.8. The topological polar surface area (TPSA) is 85.6 Å². The smallest absolute Gasteiger partial charge is 0.196 e. The molecule has 2 heterocycles. The van der Waals surface area contributed by atoms with Crippen LogP contribution >= 0.6 is 0 Å².